The SMILES string of the molecule is CCCCCCCCOP(S)OCCCCCCCC. The van der Waals surface area contributed by atoms with Crippen molar-refractivity contribution in [3.8, 4) is 0 Å². The summed E-state index contributed by atoms with van der Waals surface area (Å²) in [5.41, 5.74) is 0. The number of thiol groups is 1. The van der Waals surface area contributed by atoms with Crippen LogP contribution >= 0.6 is 19.8 Å². The van der Waals surface area contributed by atoms with Gasteiger partial charge in [0.1, 0.15) is 0 Å². The molecule has 0 aromatic carbocycles. The maximum atomic E-state index is 5.60. The van der Waals surface area contributed by atoms with E-state index in [4.69, 9.17) is 9.05 Å². The van der Waals surface area contributed by atoms with Crippen molar-refractivity contribution in [3.05, 3.63) is 0 Å². The molecule has 0 atom stereocenters. The highest BCUT2D eigenvalue weighted by molar-refractivity contribution is 8.41. The third-order valence-corrected chi connectivity index (χ3v) is 4.90. The van der Waals surface area contributed by atoms with Crippen molar-refractivity contribution in [1.29, 1.82) is 0 Å². The van der Waals surface area contributed by atoms with Crippen LogP contribution in [0.4, 0.5) is 0 Å². The lowest BCUT2D eigenvalue weighted by Crippen LogP contribution is -1.93. The molecule has 2 nitrogen and oxygen atoms in total. The third-order valence-electron chi connectivity index (χ3n) is 3.40. The zero-order valence-electron chi connectivity index (χ0n) is 13.6. The van der Waals surface area contributed by atoms with E-state index in [9.17, 15) is 0 Å². The van der Waals surface area contributed by atoms with E-state index in [-0.39, 0.29) is 0 Å². The molecule has 0 aliphatic heterocycles. The summed E-state index contributed by atoms with van der Waals surface area (Å²) in [4.78, 5) is 0. The van der Waals surface area contributed by atoms with Gasteiger partial charge in [-0.3, -0.25) is 0 Å². The van der Waals surface area contributed by atoms with E-state index in [1.807, 2.05) is 0 Å². The molecule has 20 heavy (non-hydrogen) atoms. The van der Waals surface area contributed by atoms with Gasteiger partial charge >= 0.3 is 0 Å². The van der Waals surface area contributed by atoms with Gasteiger partial charge in [-0.1, -0.05) is 90.3 Å². The minimum absolute atomic E-state index is 0.803. The van der Waals surface area contributed by atoms with Crippen LogP contribution in [0.25, 0.3) is 0 Å². The largest absolute Gasteiger partial charge is 0.326 e. The van der Waals surface area contributed by atoms with Crippen molar-refractivity contribution >= 4 is 19.8 Å². The molecule has 0 radical (unpaired) electrons. The standard InChI is InChI=1S/C16H35O2PS/c1-3-5-7-9-11-13-15-17-19(20)18-16-14-12-10-8-6-4-2/h20H,3-16H2,1-2H3. The molecular formula is C16H35O2PS. The predicted octanol–water partition coefficient (Wildman–Crippen LogP) is 6.90. The van der Waals surface area contributed by atoms with Crippen molar-refractivity contribution in [2.75, 3.05) is 13.2 Å². The number of unbranched alkanes of at least 4 members (excludes halogenated alkanes) is 10. The van der Waals surface area contributed by atoms with E-state index in [2.05, 4.69) is 26.1 Å². The van der Waals surface area contributed by atoms with Gasteiger partial charge in [0, 0.05) is 0 Å². The van der Waals surface area contributed by atoms with Crippen LogP contribution in [0.3, 0.4) is 0 Å². The van der Waals surface area contributed by atoms with Gasteiger partial charge < -0.3 is 9.05 Å². The minimum Gasteiger partial charge on any atom is -0.326 e. The fraction of sp³-hybridized carbons (Fsp3) is 1.00. The second-order valence-electron chi connectivity index (χ2n) is 5.44. The monoisotopic (exact) mass is 322 g/mol. The summed E-state index contributed by atoms with van der Waals surface area (Å²) < 4.78 is 11.2. The van der Waals surface area contributed by atoms with E-state index >= 15 is 0 Å². The van der Waals surface area contributed by atoms with Crippen molar-refractivity contribution in [3.63, 3.8) is 0 Å². The Kier molecular flexibility index (Phi) is 18.4. The van der Waals surface area contributed by atoms with E-state index in [1.54, 1.807) is 0 Å². The van der Waals surface area contributed by atoms with Gasteiger partial charge in [0.25, 0.3) is 0 Å². The van der Waals surface area contributed by atoms with Gasteiger partial charge in [-0.05, 0) is 12.8 Å². The molecule has 0 bridgehead atoms. The topological polar surface area (TPSA) is 18.5 Å². The molecule has 0 amide bonds. The minimum atomic E-state index is -0.941. The normalized spacial score (nSPS) is 11.4. The Balaban J connectivity index is 3.11. The molecule has 0 unspecified atom stereocenters. The van der Waals surface area contributed by atoms with Crippen LogP contribution in [0.5, 0.6) is 0 Å². The van der Waals surface area contributed by atoms with Crippen molar-refractivity contribution in [1.82, 2.24) is 0 Å². The Labute approximate surface area is 133 Å². The van der Waals surface area contributed by atoms with Gasteiger partial charge in [-0.25, -0.2) is 0 Å². The first-order valence-electron chi connectivity index (χ1n) is 8.56. The zero-order chi connectivity index (χ0) is 14.9. The fourth-order valence-corrected chi connectivity index (χ4v) is 3.22. The van der Waals surface area contributed by atoms with Crippen LogP contribution in [0.2, 0.25) is 0 Å². The lowest BCUT2D eigenvalue weighted by atomic mass is 10.1. The maximum Gasteiger partial charge on any atom is 0.234 e. The van der Waals surface area contributed by atoms with Crippen LogP contribution in [0, 0.1) is 0 Å². The summed E-state index contributed by atoms with van der Waals surface area (Å²) in [5, 5.41) is 0. The molecule has 0 spiro atoms. The summed E-state index contributed by atoms with van der Waals surface area (Å²) in [6, 6.07) is 0. The lowest BCUT2D eigenvalue weighted by Gasteiger charge is -2.11. The molecule has 122 valence electrons. The van der Waals surface area contributed by atoms with Crippen LogP contribution in [-0.4, -0.2) is 13.2 Å². The molecule has 0 aromatic heterocycles. The van der Waals surface area contributed by atoms with Crippen LogP contribution in [0.15, 0.2) is 0 Å². The average molecular weight is 322 g/mol. The molecule has 0 saturated heterocycles. The first-order valence-corrected chi connectivity index (χ1v) is 10.9. The summed E-state index contributed by atoms with van der Waals surface area (Å²) in [7, 11) is -0.941. The maximum absolute atomic E-state index is 5.60. The molecular weight excluding hydrogens is 287 g/mol. The van der Waals surface area contributed by atoms with E-state index < -0.39 is 7.58 Å². The highest BCUT2D eigenvalue weighted by Gasteiger charge is 2.03. The van der Waals surface area contributed by atoms with Crippen molar-refractivity contribution in [2.45, 2.75) is 90.9 Å². The number of hydrogen-bond donors (Lipinski definition) is 1. The molecule has 0 aliphatic rings. The Morgan fingerprint density at radius 2 is 0.950 bits per heavy atom. The second kappa shape index (κ2) is 17.8. The Bertz CT molecular complexity index is 164. The third kappa shape index (κ3) is 16.8. The Morgan fingerprint density at radius 3 is 1.35 bits per heavy atom. The summed E-state index contributed by atoms with van der Waals surface area (Å²) in [5.74, 6) is 0. The first kappa shape index (κ1) is 20.7. The number of hydrogen-bond acceptors (Lipinski definition) is 3. The predicted molar refractivity (Wildman–Crippen MR) is 94.6 cm³/mol. The summed E-state index contributed by atoms with van der Waals surface area (Å²) >= 11 is 4.37. The van der Waals surface area contributed by atoms with Gasteiger partial charge in [0.05, 0.1) is 13.2 Å². The molecule has 0 rings (SSSR count). The Morgan fingerprint density at radius 1 is 0.600 bits per heavy atom. The highest BCUT2D eigenvalue weighted by atomic mass is 32.7. The lowest BCUT2D eigenvalue weighted by molar-refractivity contribution is 0.252. The average Bonchev–Trinajstić information content (AvgIpc) is 2.45. The van der Waals surface area contributed by atoms with E-state index in [0.717, 1.165) is 26.1 Å². The van der Waals surface area contributed by atoms with Crippen LogP contribution < -0.4 is 0 Å². The van der Waals surface area contributed by atoms with Crippen LogP contribution in [-0.2, 0) is 9.05 Å². The molecule has 0 saturated carbocycles. The second-order valence-corrected chi connectivity index (χ2v) is 7.41. The van der Waals surface area contributed by atoms with Gasteiger partial charge in [-0.2, -0.15) is 0 Å². The van der Waals surface area contributed by atoms with Crippen LogP contribution in [0.1, 0.15) is 90.9 Å². The van der Waals surface area contributed by atoms with Gasteiger partial charge in [0.15, 0.2) is 0 Å². The summed E-state index contributed by atoms with van der Waals surface area (Å²) in [6.45, 7) is 6.10. The quantitative estimate of drug-likeness (QED) is 0.189. The van der Waals surface area contributed by atoms with E-state index in [1.165, 1.54) is 64.2 Å². The van der Waals surface area contributed by atoms with Gasteiger partial charge in [0.2, 0.25) is 7.58 Å². The molecule has 4 heteroatoms. The first-order chi connectivity index (χ1) is 9.81. The molecule has 0 fully saturated rings. The van der Waals surface area contributed by atoms with Crippen molar-refractivity contribution in [2.24, 2.45) is 0 Å². The fourth-order valence-electron chi connectivity index (χ4n) is 2.09. The number of rotatable bonds is 16. The highest BCUT2D eigenvalue weighted by Crippen LogP contribution is 2.43. The van der Waals surface area contributed by atoms with E-state index in [0.29, 0.717) is 0 Å². The smallest absolute Gasteiger partial charge is 0.234 e. The molecule has 0 aliphatic carbocycles. The van der Waals surface area contributed by atoms with Crippen molar-refractivity contribution < 1.29 is 9.05 Å². The Hall–Kier alpha value is 0.700. The van der Waals surface area contributed by atoms with Gasteiger partial charge in [-0.15, -0.1) is 0 Å². The molecule has 0 aromatic rings. The molecule has 0 N–H and O–H groups in total. The zero-order valence-corrected chi connectivity index (χ0v) is 15.4. The molecule has 0 heterocycles. The summed E-state index contributed by atoms with van der Waals surface area (Å²) in [6.07, 6.45) is 15.6.